The van der Waals surface area contributed by atoms with Gasteiger partial charge >= 0.3 is 6.09 Å². The minimum absolute atomic E-state index is 0.288. The largest absolute Gasteiger partial charge is 0.447 e. The number of hydrogen-bond donors (Lipinski definition) is 1. The van der Waals surface area contributed by atoms with Crippen LogP contribution in [0.25, 0.3) is 0 Å². The van der Waals surface area contributed by atoms with Crippen molar-refractivity contribution in [2.45, 2.75) is 25.0 Å². The van der Waals surface area contributed by atoms with Crippen molar-refractivity contribution < 1.29 is 14.6 Å². The molecule has 0 aromatic heterocycles. The number of nitrogens with zero attached hydrogens (tertiary/aromatic N) is 1. The van der Waals surface area contributed by atoms with Gasteiger partial charge in [0.15, 0.2) is 0 Å². The Morgan fingerprint density at radius 2 is 2.55 bits per heavy atom. The Morgan fingerprint density at radius 1 is 1.82 bits per heavy atom. The lowest BCUT2D eigenvalue weighted by molar-refractivity contribution is 0.0713. The molecular formula is C7H11NO3. The molecule has 0 spiro atoms. The number of cyclic esters (lactones) is 1. The molecule has 0 aromatic rings. The Morgan fingerprint density at radius 3 is 3.18 bits per heavy atom. The van der Waals surface area contributed by atoms with E-state index in [0.29, 0.717) is 19.6 Å². The molecule has 11 heavy (non-hydrogen) atoms. The molecule has 2 rings (SSSR count). The molecule has 0 aliphatic carbocycles. The number of amides is 1. The molecule has 2 saturated heterocycles. The third-order valence-corrected chi connectivity index (χ3v) is 2.67. The zero-order chi connectivity index (χ0) is 8.06. The predicted molar refractivity (Wildman–Crippen MR) is 37.1 cm³/mol. The molecule has 0 saturated carbocycles. The van der Waals surface area contributed by atoms with Gasteiger partial charge in [-0.3, -0.25) is 4.90 Å². The average molecular weight is 157 g/mol. The Labute approximate surface area is 64.7 Å². The quantitative estimate of drug-likeness (QED) is 0.537. The SMILES string of the molecule is C[C@]12COC(=O)N1CC[C@@H]2O. The lowest BCUT2D eigenvalue weighted by Gasteiger charge is -2.25. The van der Waals surface area contributed by atoms with Crippen molar-refractivity contribution in [1.82, 2.24) is 4.90 Å². The fourth-order valence-electron chi connectivity index (χ4n) is 1.76. The van der Waals surface area contributed by atoms with Gasteiger partial charge in [0.2, 0.25) is 0 Å². The lowest BCUT2D eigenvalue weighted by atomic mass is 9.98. The second-order valence-electron chi connectivity index (χ2n) is 3.37. The summed E-state index contributed by atoms with van der Waals surface area (Å²) in [5, 5.41) is 9.50. The molecule has 4 nitrogen and oxygen atoms in total. The number of ether oxygens (including phenoxy) is 1. The highest BCUT2D eigenvalue weighted by Crippen LogP contribution is 2.34. The van der Waals surface area contributed by atoms with Crippen LogP contribution in [-0.4, -0.2) is 40.9 Å². The molecule has 0 aromatic carbocycles. The van der Waals surface area contributed by atoms with Crippen LogP contribution in [-0.2, 0) is 4.74 Å². The molecule has 2 heterocycles. The molecule has 2 fully saturated rings. The zero-order valence-electron chi connectivity index (χ0n) is 6.41. The van der Waals surface area contributed by atoms with Gasteiger partial charge in [-0.25, -0.2) is 4.79 Å². The molecule has 62 valence electrons. The number of carbonyl (C=O) groups excluding carboxylic acids is 1. The van der Waals surface area contributed by atoms with Crippen LogP contribution in [0, 0.1) is 0 Å². The van der Waals surface area contributed by atoms with Crippen molar-refractivity contribution in [3.8, 4) is 0 Å². The standard InChI is InChI=1S/C7H11NO3/c1-7-4-11-6(10)8(7)3-2-5(7)9/h5,9H,2-4H2,1H3/t5-,7+/m0/s1. The van der Waals surface area contributed by atoms with E-state index in [0.717, 1.165) is 0 Å². The van der Waals surface area contributed by atoms with Crippen LogP contribution in [0.3, 0.4) is 0 Å². The van der Waals surface area contributed by atoms with Crippen molar-refractivity contribution >= 4 is 6.09 Å². The first-order valence-corrected chi connectivity index (χ1v) is 3.77. The number of rotatable bonds is 0. The predicted octanol–water partition coefficient (Wildman–Crippen LogP) is -0.0381. The molecule has 1 N–H and O–H groups in total. The van der Waals surface area contributed by atoms with Crippen LogP contribution in [0.15, 0.2) is 0 Å². The van der Waals surface area contributed by atoms with Crippen molar-refractivity contribution in [3.05, 3.63) is 0 Å². The third kappa shape index (κ3) is 0.701. The van der Waals surface area contributed by atoms with Crippen LogP contribution in [0.5, 0.6) is 0 Å². The molecule has 0 unspecified atom stereocenters. The van der Waals surface area contributed by atoms with Crippen LogP contribution in [0.2, 0.25) is 0 Å². The Balaban J connectivity index is 2.30. The second kappa shape index (κ2) is 1.88. The average Bonchev–Trinajstić information content (AvgIpc) is 2.39. The molecule has 2 aliphatic heterocycles. The van der Waals surface area contributed by atoms with Crippen molar-refractivity contribution in [1.29, 1.82) is 0 Å². The highest BCUT2D eigenvalue weighted by Gasteiger charge is 2.52. The van der Waals surface area contributed by atoms with Crippen molar-refractivity contribution in [2.75, 3.05) is 13.2 Å². The fourth-order valence-corrected chi connectivity index (χ4v) is 1.76. The van der Waals surface area contributed by atoms with E-state index in [-0.39, 0.29) is 6.09 Å². The molecule has 1 amide bonds. The molecule has 2 atom stereocenters. The minimum atomic E-state index is -0.447. The van der Waals surface area contributed by atoms with E-state index in [2.05, 4.69) is 0 Å². The van der Waals surface area contributed by atoms with Gasteiger partial charge in [0, 0.05) is 6.54 Å². The van der Waals surface area contributed by atoms with E-state index in [1.165, 1.54) is 0 Å². The zero-order valence-corrected chi connectivity index (χ0v) is 6.41. The van der Waals surface area contributed by atoms with Crippen molar-refractivity contribution in [3.63, 3.8) is 0 Å². The Bertz CT molecular complexity index is 206. The first-order chi connectivity index (χ1) is 5.14. The van der Waals surface area contributed by atoms with E-state index >= 15 is 0 Å². The van der Waals surface area contributed by atoms with Crippen LogP contribution in [0.1, 0.15) is 13.3 Å². The third-order valence-electron chi connectivity index (χ3n) is 2.67. The van der Waals surface area contributed by atoms with Gasteiger partial charge in [-0.1, -0.05) is 0 Å². The van der Waals surface area contributed by atoms with E-state index in [1.54, 1.807) is 4.90 Å². The van der Waals surface area contributed by atoms with E-state index < -0.39 is 11.6 Å². The first kappa shape index (κ1) is 6.91. The molecule has 0 bridgehead atoms. The summed E-state index contributed by atoms with van der Waals surface area (Å²) in [7, 11) is 0. The monoisotopic (exact) mass is 157 g/mol. The van der Waals surface area contributed by atoms with Crippen LogP contribution < -0.4 is 0 Å². The summed E-state index contributed by atoms with van der Waals surface area (Å²) in [5.74, 6) is 0. The summed E-state index contributed by atoms with van der Waals surface area (Å²) in [5.41, 5.74) is -0.447. The van der Waals surface area contributed by atoms with Gasteiger partial charge in [0.25, 0.3) is 0 Å². The highest BCUT2D eigenvalue weighted by atomic mass is 16.6. The molecule has 4 heteroatoms. The Kier molecular flexibility index (Phi) is 1.18. The number of fused-ring (bicyclic) bond motifs is 1. The van der Waals surface area contributed by atoms with E-state index in [1.807, 2.05) is 6.92 Å². The maximum absolute atomic E-state index is 11.0. The van der Waals surface area contributed by atoms with Gasteiger partial charge in [-0.15, -0.1) is 0 Å². The van der Waals surface area contributed by atoms with E-state index in [4.69, 9.17) is 4.74 Å². The number of carbonyl (C=O) groups is 1. The normalized spacial score (nSPS) is 42.5. The summed E-state index contributed by atoms with van der Waals surface area (Å²) in [6, 6.07) is 0. The summed E-state index contributed by atoms with van der Waals surface area (Å²) in [6.07, 6.45) is -0.0380. The minimum Gasteiger partial charge on any atom is -0.447 e. The molecule has 0 radical (unpaired) electrons. The maximum atomic E-state index is 11.0. The first-order valence-electron chi connectivity index (χ1n) is 3.77. The number of hydrogen-bond acceptors (Lipinski definition) is 3. The van der Waals surface area contributed by atoms with Gasteiger partial charge in [0.05, 0.1) is 6.10 Å². The topological polar surface area (TPSA) is 49.8 Å². The summed E-state index contributed by atoms with van der Waals surface area (Å²) in [4.78, 5) is 12.6. The smallest absolute Gasteiger partial charge is 0.410 e. The maximum Gasteiger partial charge on any atom is 0.410 e. The van der Waals surface area contributed by atoms with Gasteiger partial charge in [-0.2, -0.15) is 0 Å². The summed E-state index contributed by atoms with van der Waals surface area (Å²) >= 11 is 0. The summed E-state index contributed by atoms with van der Waals surface area (Å²) in [6.45, 7) is 2.80. The van der Waals surface area contributed by atoms with Crippen molar-refractivity contribution in [2.24, 2.45) is 0 Å². The van der Waals surface area contributed by atoms with Gasteiger partial charge in [-0.05, 0) is 13.3 Å². The number of aliphatic hydroxyl groups excluding tert-OH is 1. The Hall–Kier alpha value is -0.770. The highest BCUT2D eigenvalue weighted by molar-refractivity contribution is 5.71. The van der Waals surface area contributed by atoms with E-state index in [9.17, 15) is 9.90 Å². The fraction of sp³-hybridized carbons (Fsp3) is 0.857. The number of aliphatic hydroxyl groups is 1. The van der Waals surface area contributed by atoms with Crippen LogP contribution in [0.4, 0.5) is 4.79 Å². The lowest BCUT2D eigenvalue weighted by Crippen LogP contribution is -2.45. The van der Waals surface area contributed by atoms with Crippen LogP contribution >= 0.6 is 0 Å². The molecular weight excluding hydrogens is 146 g/mol. The molecule has 2 aliphatic rings. The second-order valence-corrected chi connectivity index (χ2v) is 3.37. The van der Waals surface area contributed by atoms with Gasteiger partial charge in [0.1, 0.15) is 12.1 Å². The van der Waals surface area contributed by atoms with Gasteiger partial charge < -0.3 is 9.84 Å². The summed E-state index contributed by atoms with van der Waals surface area (Å²) < 4.78 is 4.82.